The Labute approximate surface area is 174 Å². The van der Waals surface area contributed by atoms with E-state index in [0.717, 1.165) is 14.5 Å². The van der Waals surface area contributed by atoms with Crippen LogP contribution in [0.2, 0.25) is 0 Å². The third-order valence-corrected chi connectivity index (χ3v) is 4.43. The van der Waals surface area contributed by atoms with Crippen LogP contribution in [0.4, 0.5) is 5.69 Å². The number of hydrogen-bond acceptors (Lipinski definition) is 4. The molecule has 0 atom stereocenters. The third-order valence-electron chi connectivity index (χ3n) is 3.41. The van der Waals surface area contributed by atoms with Crippen molar-refractivity contribution in [3.05, 3.63) is 57.0 Å². The summed E-state index contributed by atoms with van der Waals surface area (Å²) in [6.07, 6.45) is 0.0724. The van der Waals surface area contributed by atoms with Gasteiger partial charge in [0, 0.05) is 20.3 Å². The first-order chi connectivity index (χ1) is 12.8. The lowest BCUT2D eigenvalue weighted by atomic mass is 10.2. The summed E-state index contributed by atoms with van der Waals surface area (Å²) in [4.78, 5) is 23.8. The van der Waals surface area contributed by atoms with Gasteiger partial charge in [-0.25, -0.2) is 5.43 Å². The fraction of sp³-hybridized carbons (Fsp3) is 0.211. The molecule has 0 bridgehead atoms. The van der Waals surface area contributed by atoms with Gasteiger partial charge in [0.05, 0.1) is 6.42 Å². The fourth-order valence-electron chi connectivity index (χ4n) is 2.12. The highest BCUT2D eigenvalue weighted by molar-refractivity contribution is 9.10. The molecule has 2 amide bonds. The molecule has 142 valence electrons. The predicted molar refractivity (Wildman–Crippen MR) is 113 cm³/mol. The second kappa shape index (κ2) is 10.2. The summed E-state index contributed by atoms with van der Waals surface area (Å²) in [5, 5.41) is 6.69. The third kappa shape index (κ3) is 7.52. The second-order valence-corrected chi connectivity index (χ2v) is 7.64. The Morgan fingerprint density at radius 2 is 1.70 bits per heavy atom. The lowest BCUT2D eigenvalue weighted by Gasteiger charge is -2.09. The van der Waals surface area contributed by atoms with E-state index in [9.17, 15) is 9.59 Å². The first-order valence-electron chi connectivity index (χ1n) is 8.10. The van der Waals surface area contributed by atoms with Gasteiger partial charge in [0.2, 0.25) is 5.91 Å². The molecule has 27 heavy (non-hydrogen) atoms. The maximum Gasteiger partial charge on any atom is 0.277 e. The Morgan fingerprint density at radius 3 is 2.37 bits per heavy atom. The molecule has 0 heterocycles. The van der Waals surface area contributed by atoms with Gasteiger partial charge >= 0.3 is 0 Å². The number of aryl methyl sites for hydroxylation is 1. The van der Waals surface area contributed by atoms with Crippen LogP contribution in [0.3, 0.4) is 0 Å². The average molecular weight is 497 g/mol. The highest BCUT2D eigenvalue weighted by Crippen LogP contribution is 2.22. The monoisotopic (exact) mass is 495 g/mol. The molecule has 2 aromatic rings. The SMILES string of the molecule is C/C(CC(=O)Nc1ccc(Br)cc1)=N/NC(=O)COc1ccc(Br)cc1C. The van der Waals surface area contributed by atoms with Crippen molar-refractivity contribution >= 4 is 55.1 Å². The van der Waals surface area contributed by atoms with Crippen LogP contribution >= 0.6 is 31.9 Å². The molecule has 0 spiro atoms. The minimum Gasteiger partial charge on any atom is -0.483 e. The largest absolute Gasteiger partial charge is 0.483 e. The molecule has 0 saturated heterocycles. The number of hydrogen-bond donors (Lipinski definition) is 2. The topological polar surface area (TPSA) is 79.8 Å². The number of ether oxygens (including phenoxy) is 1. The number of rotatable bonds is 7. The molecule has 0 aliphatic rings. The van der Waals surface area contributed by atoms with Crippen LogP contribution in [0.5, 0.6) is 5.75 Å². The summed E-state index contributed by atoms with van der Waals surface area (Å²) >= 11 is 6.71. The number of benzene rings is 2. The van der Waals surface area contributed by atoms with E-state index in [4.69, 9.17) is 4.74 Å². The molecule has 2 rings (SSSR count). The van der Waals surface area contributed by atoms with Gasteiger partial charge in [0.15, 0.2) is 6.61 Å². The molecule has 6 nitrogen and oxygen atoms in total. The lowest BCUT2D eigenvalue weighted by Crippen LogP contribution is -2.26. The van der Waals surface area contributed by atoms with Crippen LogP contribution in [0.15, 0.2) is 56.5 Å². The first-order valence-corrected chi connectivity index (χ1v) is 9.68. The standard InChI is InChI=1S/C19H19Br2N3O3/c1-12-9-15(21)5-8-17(12)27-11-19(26)24-23-13(2)10-18(25)22-16-6-3-14(20)4-7-16/h3-9H,10-11H2,1-2H3,(H,22,25)(H,24,26)/b23-13-. The number of hydrazone groups is 1. The molecular weight excluding hydrogens is 478 g/mol. The molecule has 0 radical (unpaired) electrons. The minimum atomic E-state index is -0.398. The quantitative estimate of drug-likeness (QED) is 0.439. The first kappa shape index (κ1) is 21.1. The van der Waals surface area contributed by atoms with Gasteiger partial charge in [0.1, 0.15) is 5.75 Å². The van der Waals surface area contributed by atoms with Crippen LogP contribution < -0.4 is 15.5 Å². The van der Waals surface area contributed by atoms with Crippen molar-refractivity contribution in [1.82, 2.24) is 5.43 Å². The molecule has 0 aromatic heterocycles. The normalized spacial score (nSPS) is 11.0. The molecular formula is C19H19Br2N3O3. The minimum absolute atomic E-state index is 0.0724. The van der Waals surface area contributed by atoms with E-state index < -0.39 is 5.91 Å². The van der Waals surface area contributed by atoms with Gasteiger partial charge < -0.3 is 10.1 Å². The Kier molecular flexibility index (Phi) is 7.99. The number of nitrogens with zero attached hydrogens (tertiary/aromatic N) is 1. The van der Waals surface area contributed by atoms with E-state index >= 15 is 0 Å². The molecule has 0 aliphatic heterocycles. The van der Waals surface area contributed by atoms with Crippen LogP contribution in [0.1, 0.15) is 18.9 Å². The van der Waals surface area contributed by atoms with Crippen LogP contribution in [-0.4, -0.2) is 24.1 Å². The van der Waals surface area contributed by atoms with Crippen molar-refractivity contribution < 1.29 is 14.3 Å². The molecule has 0 aliphatic carbocycles. The molecule has 8 heteroatoms. The fourth-order valence-corrected chi connectivity index (χ4v) is 2.86. The highest BCUT2D eigenvalue weighted by atomic mass is 79.9. The number of nitrogens with one attached hydrogen (secondary N) is 2. The zero-order valence-corrected chi connectivity index (χ0v) is 18.1. The van der Waals surface area contributed by atoms with Crippen molar-refractivity contribution in [3.8, 4) is 5.75 Å². The van der Waals surface area contributed by atoms with Crippen molar-refractivity contribution in [3.63, 3.8) is 0 Å². The smallest absolute Gasteiger partial charge is 0.277 e. The number of amides is 2. The lowest BCUT2D eigenvalue weighted by molar-refractivity contribution is -0.123. The zero-order chi connectivity index (χ0) is 19.8. The zero-order valence-electron chi connectivity index (χ0n) is 14.9. The summed E-state index contributed by atoms with van der Waals surface area (Å²) in [7, 11) is 0. The summed E-state index contributed by atoms with van der Waals surface area (Å²) in [6.45, 7) is 3.40. The number of carbonyl (C=O) groups is 2. The summed E-state index contributed by atoms with van der Waals surface area (Å²) in [5.74, 6) is 0.0162. The summed E-state index contributed by atoms with van der Waals surface area (Å²) < 4.78 is 7.35. The van der Waals surface area contributed by atoms with E-state index in [2.05, 4.69) is 47.7 Å². The van der Waals surface area contributed by atoms with Gasteiger partial charge in [-0.05, 0) is 61.9 Å². The molecule has 0 fully saturated rings. The average Bonchev–Trinajstić information content (AvgIpc) is 2.61. The second-order valence-electron chi connectivity index (χ2n) is 5.81. The van der Waals surface area contributed by atoms with Gasteiger partial charge in [-0.3, -0.25) is 9.59 Å². The Bertz CT molecular complexity index is 852. The number of halogens is 2. The van der Waals surface area contributed by atoms with Crippen molar-refractivity contribution in [1.29, 1.82) is 0 Å². The molecule has 2 aromatic carbocycles. The van der Waals surface area contributed by atoms with Gasteiger partial charge in [-0.1, -0.05) is 31.9 Å². The van der Waals surface area contributed by atoms with E-state index in [1.165, 1.54) is 0 Å². The van der Waals surface area contributed by atoms with Crippen molar-refractivity contribution in [2.75, 3.05) is 11.9 Å². The predicted octanol–water partition coefficient (Wildman–Crippen LogP) is 4.42. The van der Waals surface area contributed by atoms with Crippen molar-refractivity contribution in [2.24, 2.45) is 5.10 Å². The van der Waals surface area contributed by atoms with Crippen molar-refractivity contribution in [2.45, 2.75) is 20.3 Å². The molecule has 0 unspecified atom stereocenters. The summed E-state index contributed by atoms with van der Waals surface area (Å²) in [5.41, 5.74) is 4.48. The number of anilines is 1. The van der Waals surface area contributed by atoms with Gasteiger partial charge in [-0.15, -0.1) is 0 Å². The van der Waals surface area contributed by atoms with E-state index in [1.54, 1.807) is 25.1 Å². The Hall–Kier alpha value is -2.19. The highest BCUT2D eigenvalue weighted by Gasteiger charge is 2.07. The van der Waals surface area contributed by atoms with Gasteiger partial charge in [0.25, 0.3) is 5.91 Å². The maximum atomic E-state index is 12.0. The van der Waals surface area contributed by atoms with E-state index in [-0.39, 0.29) is 18.9 Å². The van der Waals surface area contributed by atoms with Crippen LogP contribution in [0, 0.1) is 6.92 Å². The maximum absolute atomic E-state index is 12.0. The van der Waals surface area contributed by atoms with Crippen LogP contribution in [-0.2, 0) is 9.59 Å². The van der Waals surface area contributed by atoms with Gasteiger partial charge in [-0.2, -0.15) is 5.10 Å². The Morgan fingerprint density at radius 1 is 1.04 bits per heavy atom. The van der Waals surface area contributed by atoms with Crippen LogP contribution in [0.25, 0.3) is 0 Å². The summed E-state index contributed by atoms with van der Waals surface area (Å²) in [6, 6.07) is 12.8. The van der Waals surface area contributed by atoms with E-state index in [0.29, 0.717) is 17.1 Å². The molecule has 2 N–H and O–H groups in total. The Balaban J connectivity index is 1.77. The molecule has 0 saturated carbocycles. The van der Waals surface area contributed by atoms with E-state index in [1.807, 2.05) is 31.2 Å². The number of carbonyl (C=O) groups excluding carboxylic acids is 2.